The van der Waals surface area contributed by atoms with E-state index in [4.69, 9.17) is 9.47 Å². The molecule has 2 saturated heterocycles. The topological polar surface area (TPSA) is 92.2 Å². The zero-order valence-corrected chi connectivity index (χ0v) is 15.4. The van der Waals surface area contributed by atoms with E-state index in [1.54, 1.807) is 17.0 Å². The smallest absolute Gasteiger partial charge is 0.320 e. The number of carboxylic acid groups (broad SMARTS) is 1. The summed E-state index contributed by atoms with van der Waals surface area (Å²) in [5.74, 6) is -0.240. The molecule has 2 aliphatic rings. The number of aliphatic carboxylic acids is 1. The standard InChI is InChI=1S/C18H25N3O5/c1-20-11-18(10-13(20)17(23)24)6-8-21(9-7-18)16(22)12-4-5-14(25-2)19-15(12)26-3/h4-5,13H,6-11H2,1-3H3,(H,23,24)/t13-/m0/s1. The minimum absolute atomic E-state index is 0.0170. The summed E-state index contributed by atoms with van der Waals surface area (Å²) in [5, 5.41) is 9.35. The van der Waals surface area contributed by atoms with Gasteiger partial charge in [0.1, 0.15) is 11.6 Å². The van der Waals surface area contributed by atoms with Crippen LogP contribution in [-0.4, -0.2) is 78.7 Å². The van der Waals surface area contributed by atoms with Crippen LogP contribution in [0.4, 0.5) is 0 Å². The molecule has 1 aromatic heterocycles. The first-order chi connectivity index (χ1) is 12.4. The van der Waals surface area contributed by atoms with E-state index in [1.807, 2.05) is 11.9 Å². The van der Waals surface area contributed by atoms with Gasteiger partial charge in [-0.1, -0.05) is 0 Å². The van der Waals surface area contributed by atoms with E-state index >= 15 is 0 Å². The fourth-order valence-corrected chi connectivity index (χ4v) is 4.12. The second kappa shape index (κ2) is 7.11. The molecule has 1 atom stereocenters. The van der Waals surface area contributed by atoms with Gasteiger partial charge in [-0.3, -0.25) is 14.5 Å². The lowest BCUT2D eigenvalue weighted by Gasteiger charge is -2.39. The number of methoxy groups -OCH3 is 2. The molecule has 8 nitrogen and oxygen atoms in total. The minimum Gasteiger partial charge on any atom is -0.481 e. The van der Waals surface area contributed by atoms with Crippen LogP contribution in [0.5, 0.6) is 11.8 Å². The Hall–Kier alpha value is -2.35. The molecule has 0 saturated carbocycles. The normalized spacial score (nSPS) is 22.4. The quantitative estimate of drug-likeness (QED) is 0.857. The molecule has 1 aromatic rings. The molecule has 26 heavy (non-hydrogen) atoms. The number of carbonyl (C=O) groups excluding carboxylic acids is 1. The number of nitrogens with zero attached hydrogens (tertiary/aromatic N) is 3. The number of ether oxygens (including phenoxy) is 2. The highest BCUT2D eigenvalue weighted by Gasteiger charge is 2.47. The van der Waals surface area contributed by atoms with E-state index in [0.717, 1.165) is 19.4 Å². The van der Waals surface area contributed by atoms with Crippen molar-refractivity contribution in [2.75, 3.05) is 40.9 Å². The van der Waals surface area contributed by atoms with Gasteiger partial charge in [-0.25, -0.2) is 0 Å². The van der Waals surface area contributed by atoms with Gasteiger partial charge in [-0.15, -0.1) is 0 Å². The van der Waals surface area contributed by atoms with Crippen molar-refractivity contribution in [3.63, 3.8) is 0 Å². The number of likely N-dealkylation sites (tertiary alicyclic amines) is 2. The minimum atomic E-state index is -0.767. The summed E-state index contributed by atoms with van der Waals surface area (Å²) in [6.07, 6.45) is 2.26. The van der Waals surface area contributed by atoms with Crippen molar-refractivity contribution in [1.82, 2.24) is 14.8 Å². The molecule has 0 aliphatic carbocycles. The van der Waals surface area contributed by atoms with Crippen molar-refractivity contribution >= 4 is 11.9 Å². The maximum Gasteiger partial charge on any atom is 0.320 e. The second-order valence-electron chi connectivity index (χ2n) is 7.18. The highest BCUT2D eigenvalue weighted by atomic mass is 16.5. The number of carbonyl (C=O) groups is 2. The maximum atomic E-state index is 12.9. The third-order valence-electron chi connectivity index (χ3n) is 5.61. The fraction of sp³-hybridized carbons (Fsp3) is 0.611. The molecule has 2 fully saturated rings. The summed E-state index contributed by atoms with van der Waals surface area (Å²) in [6.45, 7) is 1.97. The van der Waals surface area contributed by atoms with Crippen LogP contribution in [-0.2, 0) is 4.79 Å². The van der Waals surface area contributed by atoms with Crippen LogP contribution in [0.2, 0.25) is 0 Å². The first-order valence-electron chi connectivity index (χ1n) is 8.70. The van der Waals surface area contributed by atoms with Crippen molar-refractivity contribution in [3.05, 3.63) is 17.7 Å². The molecule has 1 amide bonds. The molecule has 1 N–H and O–H groups in total. The number of rotatable bonds is 4. The predicted octanol–water partition coefficient (Wildman–Crippen LogP) is 1.11. The van der Waals surface area contributed by atoms with E-state index in [9.17, 15) is 14.7 Å². The van der Waals surface area contributed by atoms with Gasteiger partial charge in [0.05, 0.1) is 14.2 Å². The molecule has 3 heterocycles. The molecule has 0 radical (unpaired) electrons. The summed E-state index contributed by atoms with van der Waals surface area (Å²) >= 11 is 0. The number of aromatic nitrogens is 1. The van der Waals surface area contributed by atoms with Crippen molar-refractivity contribution in [3.8, 4) is 11.8 Å². The Labute approximate surface area is 152 Å². The highest BCUT2D eigenvalue weighted by molar-refractivity contribution is 5.96. The Morgan fingerprint density at radius 2 is 1.92 bits per heavy atom. The van der Waals surface area contributed by atoms with E-state index < -0.39 is 12.0 Å². The SMILES string of the molecule is COc1ccc(C(=O)N2CCC3(CC2)C[C@@H](C(=O)O)N(C)C3)c(OC)n1. The average molecular weight is 363 g/mol. The third-order valence-corrected chi connectivity index (χ3v) is 5.61. The van der Waals surface area contributed by atoms with Crippen molar-refractivity contribution in [2.45, 2.75) is 25.3 Å². The van der Waals surface area contributed by atoms with Crippen molar-refractivity contribution in [1.29, 1.82) is 0 Å². The van der Waals surface area contributed by atoms with Gasteiger partial charge in [0.25, 0.3) is 5.91 Å². The summed E-state index contributed by atoms with van der Waals surface area (Å²) < 4.78 is 10.3. The van der Waals surface area contributed by atoms with Gasteiger partial charge >= 0.3 is 5.97 Å². The number of carboxylic acids is 1. The molecule has 0 aromatic carbocycles. The molecular formula is C18H25N3O5. The van der Waals surface area contributed by atoms with Gasteiger partial charge in [0.15, 0.2) is 0 Å². The van der Waals surface area contributed by atoms with Crippen LogP contribution in [0.3, 0.4) is 0 Å². The van der Waals surface area contributed by atoms with Gasteiger partial charge < -0.3 is 19.5 Å². The van der Waals surface area contributed by atoms with Crippen LogP contribution in [0.25, 0.3) is 0 Å². The number of pyridine rings is 1. The van der Waals surface area contributed by atoms with Gasteiger partial charge in [-0.2, -0.15) is 4.98 Å². The summed E-state index contributed by atoms with van der Waals surface area (Å²) in [5.41, 5.74) is 0.396. The van der Waals surface area contributed by atoms with E-state index in [2.05, 4.69) is 4.98 Å². The molecule has 0 bridgehead atoms. The number of likely N-dealkylation sites (N-methyl/N-ethyl adjacent to an activating group) is 1. The van der Waals surface area contributed by atoms with E-state index in [1.165, 1.54) is 14.2 Å². The molecule has 2 aliphatic heterocycles. The van der Waals surface area contributed by atoms with E-state index in [0.29, 0.717) is 31.0 Å². The lowest BCUT2D eigenvalue weighted by molar-refractivity contribution is -0.141. The van der Waals surface area contributed by atoms with Crippen LogP contribution >= 0.6 is 0 Å². The lowest BCUT2D eigenvalue weighted by atomic mass is 9.76. The third kappa shape index (κ3) is 3.33. The van der Waals surface area contributed by atoms with Crippen LogP contribution < -0.4 is 9.47 Å². The largest absolute Gasteiger partial charge is 0.481 e. The second-order valence-corrected chi connectivity index (χ2v) is 7.18. The van der Waals surface area contributed by atoms with Crippen LogP contribution in [0.1, 0.15) is 29.6 Å². The van der Waals surface area contributed by atoms with Gasteiger partial charge in [-0.05, 0) is 37.8 Å². The Kier molecular flexibility index (Phi) is 5.04. The Morgan fingerprint density at radius 1 is 1.23 bits per heavy atom. The first-order valence-corrected chi connectivity index (χ1v) is 8.70. The molecule has 8 heteroatoms. The summed E-state index contributed by atoms with van der Waals surface area (Å²) in [7, 11) is 4.85. The maximum absolute atomic E-state index is 12.9. The molecular weight excluding hydrogens is 338 g/mol. The van der Waals surface area contributed by atoms with E-state index in [-0.39, 0.29) is 17.2 Å². The Balaban J connectivity index is 1.69. The van der Waals surface area contributed by atoms with Gasteiger partial charge in [0, 0.05) is 25.7 Å². The Bertz CT molecular complexity index is 700. The zero-order valence-electron chi connectivity index (χ0n) is 15.4. The van der Waals surface area contributed by atoms with Gasteiger partial charge in [0.2, 0.25) is 11.8 Å². The first kappa shape index (κ1) is 18.4. The fourth-order valence-electron chi connectivity index (χ4n) is 4.12. The van der Waals surface area contributed by atoms with Crippen LogP contribution in [0.15, 0.2) is 12.1 Å². The highest BCUT2D eigenvalue weighted by Crippen LogP contribution is 2.43. The predicted molar refractivity (Wildman–Crippen MR) is 93.6 cm³/mol. The monoisotopic (exact) mass is 363 g/mol. The number of hydrogen-bond donors (Lipinski definition) is 1. The molecule has 142 valence electrons. The Morgan fingerprint density at radius 3 is 2.46 bits per heavy atom. The summed E-state index contributed by atoms with van der Waals surface area (Å²) in [4.78, 5) is 32.1. The molecule has 3 rings (SSSR count). The van der Waals surface area contributed by atoms with Crippen LogP contribution in [0, 0.1) is 5.41 Å². The molecule has 1 spiro atoms. The summed E-state index contributed by atoms with van der Waals surface area (Å²) in [6, 6.07) is 2.88. The van der Waals surface area contributed by atoms with Crippen molar-refractivity contribution < 1.29 is 24.2 Å². The zero-order chi connectivity index (χ0) is 18.9. The van der Waals surface area contributed by atoms with Crippen molar-refractivity contribution in [2.24, 2.45) is 5.41 Å². The number of amides is 1. The average Bonchev–Trinajstić information content (AvgIpc) is 2.97. The number of hydrogen-bond acceptors (Lipinski definition) is 6. The number of piperidine rings is 1. The molecule has 0 unspecified atom stereocenters. The lowest BCUT2D eigenvalue weighted by Crippen LogP contribution is -2.44.